The lowest BCUT2D eigenvalue weighted by atomic mass is 10.0. The molecule has 3 aromatic rings. The van der Waals surface area contributed by atoms with Gasteiger partial charge in [0.15, 0.2) is 17.3 Å². The predicted molar refractivity (Wildman–Crippen MR) is 127 cm³/mol. The average molecular weight is 459 g/mol. The van der Waals surface area contributed by atoms with Gasteiger partial charge in [-0.05, 0) is 73.4 Å². The van der Waals surface area contributed by atoms with E-state index in [1.807, 2.05) is 49.4 Å². The summed E-state index contributed by atoms with van der Waals surface area (Å²) in [5, 5.41) is 12.5. The summed E-state index contributed by atoms with van der Waals surface area (Å²) in [5.41, 5.74) is 1.86. The van der Waals surface area contributed by atoms with E-state index in [0.717, 1.165) is 29.8 Å². The van der Waals surface area contributed by atoms with Gasteiger partial charge in [-0.15, -0.1) is 0 Å². The molecule has 1 heterocycles. The zero-order valence-electron chi connectivity index (χ0n) is 18.0. The number of H-pyrrole nitrogens is 1. The van der Waals surface area contributed by atoms with E-state index >= 15 is 0 Å². The van der Waals surface area contributed by atoms with E-state index in [4.69, 9.17) is 33.3 Å². The SMILES string of the molecule is CCOc1cc(/C=N\n2c(C(CC)CC)n[nH]c2=S)ccc1OCc1cccc(Cl)c1. The van der Waals surface area contributed by atoms with Crippen LogP contribution in [-0.4, -0.2) is 27.7 Å². The van der Waals surface area contributed by atoms with E-state index in [1.54, 1.807) is 10.9 Å². The van der Waals surface area contributed by atoms with Crippen LogP contribution in [0.1, 0.15) is 56.5 Å². The van der Waals surface area contributed by atoms with E-state index in [9.17, 15) is 0 Å². The molecule has 1 aromatic heterocycles. The van der Waals surface area contributed by atoms with Crippen LogP contribution in [0.15, 0.2) is 47.6 Å². The molecule has 0 saturated carbocycles. The summed E-state index contributed by atoms with van der Waals surface area (Å²) in [5.74, 6) is 2.46. The van der Waals surface area contributed by atoms with Crippen LogP contribution in [0.4, 0.5) is 0 Å². The van der Waals surface area contributed by atoms with Crippen LogP contribution < -0.4 is 9.47 Å². The van der Waals surface area contributed by atoms with Crippen molar-refractivity contribution in [3.8, 4) is 11.5 Å². The van der Waals surface area contributed by atoms with Crippen molar-refractivity contribution >= 4 is 30.0 Å². The van der Waals surface area contributed by atoms with E-state index < -0.39 is 0 Å². The third-order valence-corrected chi connectivity index (χ3v) is 5.40. The molecule has 3 rings (SSSR count). The molecule has 0 spiro atoms. The Bertz CT molecular complexity index is 1090. The van der Waals surface area contributed by atoms with Gasteiger partial charge in [0.2, 0.25) is 4.77 Å². The molecule has 31 heavy (non-hydrogen) atoms. The quantitative estimate of drug-likeness (QED) is 0.283. The molecule has 0 bridgehead atoms. The van der Waals surface area contributed by atoms with Crippen molar-refractivity contribution in [1.29, 1.82) is 0 Å². The van der Waals surface area contributed by atoms with Gasteiger partial charge in [-0.2, -0.15) is 14.9 Å². The number of aromatic amines is 1. The van der Waals surface area contributed by atoms with Crippen LogP contribution in [0.5, 0.6) is 11.5 Å². The molecule has 8 heteroatoms. The molecular formula is C23H27ClN4O2S. The van der Waals surface area contributed by atoms with Crippen LogP contribution >= 0.6 is 23.8 Å². The van der Waals surface area contributed by atoms with E-state index in [2.05, 4.69) is 29.1 Å². The lowest BCUT2D eigenvalue weighted by molar-refractivity contribution is 0.269. The number of ether oxygens (including phenoxy) is 2. The van der Waals surface area contributed by atoms with Gasteiger partial charge >= 0.3 is 0 Å². The van der Waals surface area contributed by atoms with E-state index in [0.29, 0.717) is 40.4 Å². The number of nitrogens with one attached hydrogen (secondary N) is 1. The highest BCUT2D eigenvalue weighted by Crippen LogP contribution is 2.29. The Morgan fingerprint density at radius 3 is 2.65 bits per heavy atom. The highest BCUT2D eigenvalue weighted by Gasteiger charge is 2.15. The first kappa shape index (κ1) is 23.0. The van der Waals surface area contributed by atoms with Crippen LogP contribution in [0.25, 0.3) is 0 Å². The van der Waals surface area contributed by atoms with Gasteiger partial charge in [-0.1, -0.05) is 37.6 Å². The summed E-state index contributed by atoms with van der Waals surface area (Å²) in [6, 6.07) is 13.3. The zero-order valence-corrected chi connectivity index (χ0v) is 19.5. The summed E-state index contributed by atoms with van der Waals surface area (Å²) in [6.07, 6.45) is 3.69. The lowest BCUT2D eigenvalue weighted by Gasteiger charge is -2.13. The molecule has 164 valence electrons. The fourth-order valence-electron chi connectivity index (χ4n) is 3.24. The standard InChI is InChI=1S/C23H27ClN4O2S/c1-4-18(5-2)22-26-27-23(31)28(22)25-14-16-10-11-20(21(13-16)29-6-3)30-15-17-8-7-9-19(24)12-17/h7-14,18H,4-6,15H2,1-3H3,(H,27,31)/b25-14-. The second-order valence-electron chi connectivity index (χ2n) is 7.01. The third kappa shape index (κ3) is 5.95. The third-order valence-electron chi connectivity index (χ3n) is 4.90. The van der Waals surface area contributed by atoms with Crippen molar-refractivity contribution in [3.05, 3.63) is 69.2 Å². The van der Waals surface area contributed by atoms with Gasteiger partial charge in [0.25, 0.3) is 0 Å². The molecule has 0 unspecified atom stereocenters. The number of benzene rings is 2. The Hall–Kier alpha value is -2.64. The van der Waals surface area contributed by atoms with Crippen LogP contribution in [0, 0.1) is 4.77 Å². The highest BCUT2D eigenvalue weighted by molar-refractivity contribution is 7.71. The van der Waals surface area contributed by atoms with Gasteiger partial charge < -0.3 is 9.47 Å². The molecule has 0 aliphatic heterocycles. The molecule has 0 aliphatic carbocycles. The second-order valence-corrected chi connectivity index (χ2v) is 7.84. The number of hydrogen-bond acceptors (Lipinski definition) is 5. The second kappa shape index (κ2) is 11.1. The summed E-state index contributed by atoms with van der Waals surface area (Å²) in [4.78, 5) is 0. The summed E-state index contributed by atoms with van der Waals surface area (Å²) < 4.78 is 13.9. The van der Waals surface area contributed by atoms with Gasteiger partial charge in [-0.25, -0.2) is 0 Å². The van der Waals surface area contributed by atoms with Gasteiger partial charge in [0.05, 0.1) is 12.8 Å². The smallest absolute Gasteiger partial charge is 0.216 e. The minimum Gasteiger partial charge on any atom is -0.490 e. The van der Waals surface area contributed by atoms with Gasteiger partial charge in [0.1, 0.15) is 6.61 Å². The highest BCUT2D eigenvalue weighted by atomic mass is 35.5. The molecule has 6 nitrogen and oxygen atoms in total. The Labute approximate surface area is 192 Å². The summed E-state index contributed by atoms with van der Waals surface area (Å²) >= 11 is 11.4. The van der Waals surface area contributed by atoms with Crippen molar-refractivity contribution in [2.75, 3.05) is 6.61 Å². The van der Waals surface area contributed by atoms with Gasteiger partial charge in [-0.3, -0.25) is 5.10 Å². The Balaban J connectivity index is 1.81. The van der Waals surface area contributed by atoms with Crippen molar-refractivity contribution in [1.82, 2.24) is 14.9 Å². The number of aromatic nitrogens is 3. The Kier molecular flexibility index (Phi) is 8.26. The summed E-state index contributed by atoms with van der Waals surface area (Å²) in [6.45, 7) is 7.14. The molecule has 0 fully saturated rings. The van der Waals surface area contributed by atoms with Crippen molar-refractivity contribution < 1.29 is 9.47 Å². The molecule has 0 radical (unpaired) electrons. The van der Waals surface area contributed by atoms with E-state index in [1.165, 1.54) is 0 Å². The van der Waals surface area contributed by atoms with Crippen molar-refractivity contribution in [2.45, 2.75) is 46.1 Å². The number of halogens is 1. The lowest BCUT2D eigenvalue weighted by Crippen LogP contribution is -2.05. The van der Waals surface area contributed by atoms with Gasteiger partial charge in [0, 0.05) is 10.9 Å². The molecule has 0 saturated heterocycles. The Morgan fingerprint density at radius 2 is 1.94 bits per heavy atom. The van der Waals surface area contributed by atoms with Crippen LogP contribution in [0.3, 0.4) is 0 Å². The van der Waals surface area contributed by atoms with E-state index in [-0.39, 0.29) is 0 Å². The maximum atomic E-state index is 6.05. The molecule has 2 aromatic carbocycles. The molecule has 0 aliphatic rings. The van der Waals surface area contributed by atoms with Crippen molar-refractivity contribution in [2.24, 2.45) is 5.10 Å². The first-order valence-corrected chi connectivity index (χ1v) is 11.2. The zero-order chi connectivity index (χ0) is 22.2. The molecule has 1 N–H and O–H groups in total. The maximum absolute atomic E-state index is 6.05. The molecule has 0 atom stereocenters. The first-order chi connectivity index (χ1) is 15.0. The fourth-order valence-corrected chi connectivity index (χ4v) is 3.64. The average Bonchev–Trinajstić information content (AvgIpc) is 3.13. The first-order valence-electron chi connectivity index (χ1n) is 10.4. The largest absolute Gasteiger partial charge is 0.490 e. The normalized spacial score (nSPS) is 11.4. The molecular weight excluding hydrogens is 432 g/mol. The Morgan fingerprint density at radius 1 is 1.13 bits per heavy atom. The van der Waals surface area contributed by atoms with Crippen LogP contribution in [0.2, 0.25) is 5.02 Å². The number of nitrogens with zero attached hydrogens (tertiary/aromatic N) is 3. The minimum absolute atomic E-state index is 0.298. The number of rotatable bonds is 10. The maximum Gasteiger partial charge on any atom is 0.216 e. The summed E-state index contributed by atoms with van der Waals surface area (Å²) in [7, 11) is 0. The van der Waals surface area contributed by atoms with Crippen molar-refractivity contribution in [3.63, 3.8) is 0 Å². The number of hydrogen-bond donors (Lipinski definition) is 1. The predicted octanol–water partition coefficient (Wildman–Crippen LogP) is 6.36. The monoisotopic (exact) mass is 458 g/mol. The minimum atomic E-state index is 0.298. The molecule has 0 amide bonds. The topological polar surface area (TPSA) is 64.4 Å². The fraction of sp³-hybridized carbons (Fsp3) is 0.348. The van der Waals surface area contributed by atoms with Crippen LogP contribution in [-0.2, 0) is 6.61 Å².